The standard InChI is InChI=1S/C17H28O3/c1-13(6-5-10-18)15-8-7-14(12-16(15)20-4)17(2,3)9-11-19/h7-8,12-13,18-19H,5-6,9-11H2,1-4H3. The molecule has 0 aliphatic heterocycles. The minimum Gasteiger partial charge on any atom is -0.496 e. The van der Waals surface area contributed by atoms with Crippen molar-refractivity contribution in [2.75, 3.05) is 20.3 Å². The average Bonchev–Trinajstić information content (AvgIpc) is 2.43. The first-order valence-corrected chi connectivity index (χ1v) is 7.36. The Balaban J connectivity index is 3.01. The molecule has 20 heavy (non-hydrogen) atoms. The van der Waals surface area contributed by atoms with Crippen LogP contribution < -0.4 is 4.74 Å². The molecule has 0 saturated heterocycles. The molecule has 0 fully saturated rings. The number of ether oxygens (including phenoxy) is 1. The molecular weight excluding hydrogens is 252 g/mol. The van der Waals surface area contributed by atoms with Gasteiger partial charge in [-0.15, -0.1) is 0 Å². The molecule has 0 saturated carbocycles. The molecule has 3 nitrogen and oxygen atoms in total. The van der Waals surface area contributed by atoms with Gasteiger partial charge in [-0.1, -0.05) is 32.9 Å². The first-order chi connectivity index (χ1) is 9.46. The maximum atomic E-state index is 9.17. The third kappa shape index (κ3) is 4.22. The van der Waals surface area contributed by atoms with Crippen molar-refractivity contribution >= 4 is 0 Å². The van der Waals surface area contributed by atoms with Gasteiger partial charge in [0.05, 0.1) is 7.11 Å². The molecule has 0 spiro atoms. The molecule has 1 rings (SSSR count). The van der Waals surface area contributed by atoms with E-state index >= 15 is 0 Å². The van der Waals surface area contributed by atoms with Crippen LogP contribution >= 0.6 is 0 Å². The highest BCUT2D eigenvalue weighted by molar-refractivity contribution is 5.42. The van der Waals surface area contributed by atoms with Gasteiger partial charge in [-0.05, 0) is 47.8 Å². The van der Waals surface area contributed by atoms with Gasteiger partial charge in [0.2, 0.25) is 0 Å². The number of aliphatic hydroxyl groups excluding tert-OH is 2. The van der Waals surface area contributed by atoms with E-state index in [-0.39, 0.29) is 18.6 Å². The van der Waals surface area contributed by atoms with E-state index in [1.807, 2.05) is 0 Å². The lowest BCUT2D eigenvalue weighted by atomic mass is 9.80. The minimum atomic E-state index is -0.0606. The van der Waals surface area contributed by atoms with Gasteiger partial charge in [-0.3, -0.25) is 0 Å². The number of aliphatic hydroxyl groups is 2. The fraction of sp³-hybridized carbons (Fsp3) is 0.647. The molecular formula is C17H28O3. The highest BCUT2D eigenvalue weighted by atomic mass is 16.5. The second kappa shape index (κ2) is 7.65. The zero-order valence-electron chi connectivity index (χ0n) is 13.1. The maximum absolute atomic E-state index is 9.17. The van der Waals surface area contributed by atoms with E-state index in [0.717, 1.165) is 25.0 Å². The van der Waals surface area contributed by atoms with Crippen LogP contribution in [-0.4, -0.2) is 30.5 Å². The van der Waals surface area contributed by atoms with Crippen LogP contribution in [0.3, 0.4) is 0 Å². The number of rotatable bonds is 8. The smallest absolute Gasteiger partial charge is 0.122 e. The maximum Gasteiger partial charge on any atom is 0.122 e. The lowest BCUT2D eigenvalue weighted by Crippen LogP contribution is -2.19. The second-order valence-electron chi connectivity index (χ2n) is 6.08. The average molecular weight is 280 g/mol. The van der Waals surface area contributed by atoms with Crippen LogP contribution in [0.25, 0.3) is 0 Å². The monoisotopic (exact) mass is 280 g/mol. The summed E-state index contributed by atoms with van der Waals surface area (Å²) >= 11 is 0. The molecule has 114 valence electrons. The lowest BCUT2D eigenvalue weighted by Gasteiger charge is -2.26. The molecule has 1 unspecified atom stereocenters. The van der Waals surface area contributed by atoms with E-state index < -0.39 is 0 Å². The highest BCUT2D eigenvalue weighted by Gasteiger charge is 2.22. The van der Waals surface area contributed by atoms with Crippen molar-refractivity contribution in [3.63, 3.8) is 0 Å². The van der Waals surface area contributed by atoms with Crippen LogP contribution in [0.2, 0.25) is 0 Å². The molecule has 2 N–H and O–H groups in total. The Hall–Kier alpha value is -1.06. The summed E-state index contributed by atoms with van der Waals surface area (Å²) in [6.07, 6.45) is 2.49. The summed E-state index contributed by atoms with van der Waals surface area (Å²) in [6.45, 7) is 6.84. The summed E-state index contributed by atoms with van der Waals surface area (Å²) in [5.74, 6) is 1.27. The Bertz CT molecular complexity index is 413. The van der Waals surface area contributed by atoms with Crippen LogP contribution in [0.4, 0.5) is 0 Å². The first kappa shape index (κ1) is 17.0. The molecule has 1 atom stereocenters. The largest absolute Gasteiger partial charge is 0.496 e. The van der Waals surface area contributed by atoms with E-state index in [4.69, 9.17) is 9.84 Å². The Morgan fingerprint density at radius 3 is 2.45 bits per heavy atom. The molecule has 0 aromatic heterocycles. The summed E-state index contributed by atoms with van der Waals surface area (Å²) < 4.78 is 5.54. The molecule has 0 aliphatic rings. The number of methoxy groups -OCH3 is 1. The van der Waals surface area contributed by atoms with Gasteiger partial charge >= 0.3 is 0 Å². The minimum absolute atomic E-state index is 0.0606. The SMILES string of the molecule is COc1cc(C(C)(C)CCO)ccc1C(C)CCCO. The summed E-state index contributed by atoms with van der Waals surface area (Å²) in [4.78, 5) is 0. The van der Waals surface area contributed by atoms with Gasteiger partial charge in [0.1, 0.15) is 5.75 Å². The predicted octanol–water partition coefficient (Wildman–Crippen LogP) is 3.23. The fourth-order valence-corrected chi connectivity index (χ4v) is 2.52. The van der Waals surface area contributed by atoms with Gasteiger partial charge in [0.15, 0.2) is 0 Å². The molecule has 0 heterocycles. The van der Waals surface area contributed by atoms with E-state index in [2.05, 4.69) is 39.0 Å². The normalized spacial score (nSPS) is 13.3. The topological polar surface area (TPSA) is 49.7 Å². The number of hydrogen-bond acceptors (Lipinski definition) is 3. The van der Waals surface area contributed by atoms with E-state index in [0.29, 0.717) is 5.92 Å². The molecule has 1 aromatic carbocycles. The Kier molecular flexibility index (Phi) is 6.50. The van der Waals surface area contributed by atoms with E-state index in [1.165, 1.54) is 11.1 Å². The number of benzene rings is 1. The van der Waals surface area contributed by atoms with Gasteiger partial charge in [-0.2, -0.15) is 0 Å². The third-order valence-electron chi connectivity index (χ3n) is 4.08. The highest BCUT2D eigenvalue weighted by Crippen LogP contribution is 2.35. The molecule has 0 radical (unpaired) electrons. The van der Waals surface area contributed by atoms with Crippen LogP contribution in [-0.2, 0) is 5.41 Å². The predicted molar refractivity (Wildman–Crippen MR) is 82.5 cm³/mol. The summed E-state index contributed by atoms with van der Waals surface area (Å²) in [5.41, 5.74) is 2.31. The zero-order chi connectivity index (χ0) is 15.2. The summed E-state index contributed by atoms with van der Waals surface area (Å²) in [5, 5.41) is 18.1. The quantitative estimate of drug-likeness (QED) is 0.768. The van der Waals surface area contributed by atoms with Crippen molar-refractivity contribution < 1.29 is 14.9 Å². The lowest BCUT2D eigenvalue weighted by molar-refractivity contribution is 0.252. The molecule has 3 heteroatoms. The fourth-order valence-electron chi connectivity index (χ4n) is 2.52. The summed E-state index contributed by atoms with van der Waals surface area (Å²) in [7, 11) is 1.69. The number of hydrogen-bond donors (Lipinski definition) is 2. The van der Waals surface area contributed by atoms with Gasteiger partial charge in [-0.25, -0.2) is 0 Å². The van der Waals surface area contributed by atoms with Crippen molar-refractivity contribution in [3.05, 3.63) is 29.3 Å². The van der Waals surface area contributed by atoms with Crippen LogP contribution in [0.5, 0.6) is 5.75 Å². The first-order valence-electron chi connectivity index (χ1n) is 7.36. The summed E-state index contributed by atoms with van der Waals surface area (Å²) in [6, 6.07) is 6.33. The van der Waals surface area contributed by atoms with E-state index in [9.17, 15) is 5.11 Å². The van der Waals surface area contributed by atoms with Crippen LogP contribution in [0.15, 0.2) is 18.2 Å². The van der Waals surface area contributed by atoms with Crippen molar-refractivity contribution in [3.8, 4) is 5.75 Å². The molecule has 0 aliphatic carbocycles. The van der Waals surface area contributed by atoms with Crippen molar-refractivity contribution in [1.29, 1.82) is 0 Å². The molecule has 0 amide bonds. The van der Waals surface area contributed by atoms with E-state index in [1.54, 1.807) is 7.11 Å². The Morgan fingerprint density at radius 1 is 1.20 bits per heavy atom. The molecule has 1 aromatic rings. The van der Waals surface area contributed by atoms with Crippen molar-refractivity contribution in [2.24, 2.45) is 0 Å². The second-order valence-corrected chi connectivity index (χ2v) is 6.08. The van der Waals surface area contributed by atoms with Crippen LogP contribution in [0, 0.1) is 0 Å². The Labute approximate surface area is 122 Å². The van der Waals surface area contributed by atoms with Crippen molar-refractivity contribution in [2.45, 2.75) is 51.4 Å². The van der Waals surface area contributed by atoms with Crippen molar-refractivity contribution in [1.82, 2.24) is 0 Å². The molecule has 0 bridgehead atoms. The van der Waals surface area contributed by atoms with Gasteiger partial charge in [0.25, 0.3) is 0 Å². The Morgan fingerprint density at radius 2 is 1.90 bits per heavy atom. The zero-order valence-corrected chi connectivity index (χ0v) is 13.1. The van der Waals surface area contributed by atoms with Gasteiger partial charge in [0, 0.05) is 13.2 Å². The van der Waals surface area contributed by atoms with Gasteiger partial charge < -0.3 is 14.9 Å². The van der Waals surface area contributed by atoms with Crippen LogP contribution in [0.1, 0.15) is 57.1 Å². The third-order valence-corrected chi connectivity index (χ3v) is 4.08.